The van der Waals surface area contributed by atoms with Crippen LogP contribution in [0.15, 0.2) is 24.3 Å². The zero-order chi connectivity index (χ0) is 19.0. The van der Waals surface area contributed by atoms with E-state index in [1.807, 2.05) is 0 Å². The highest BCUT2D eigenvalue weighted by Crippen LogP contribution is 2.19. The number of benzene rings is 1. The van der Waals surface area contributed by atoms with Gasteiger partial charge in [0.1, 0.15) is 0 Å². The van der Waals surface area contributed by atoms with E-state index in [4.69, 9.17) is 0 Å². The van der Waals surface area contributed by atoms with Gasteiger partial charge in [-0.2, -0.15) is 0 Å². The summed E-state index contributed by atoms with van der Waals surface area (Å²) in [6.45, 7) is 11.4. The van der Waals surface area contributed by atoms with E-state index < -0.39 is 0 Å². The van der Waals surface area contributed by atoms with Crippen LogP contribution in [-0.4, -0.2) is 13.1 Å². The van der Waals surface area contributed by atoms with E-state index in [-0.39, 0.29) is 0 Å². The van der Waals surface area contributed by atoms with E-state index in [0.717, 1.165) is 24.9 Å². The van der Waals surface area contributed by atoms with Gasteiger partial charge in [0.2, 0.25) is 0 Å². The van der Waals surface area contributed by atoms with Crippen molar-refractivity contribution in [2.45, 2.75) is 91.9 Å². The first-order valence-electron chi connectivity index (χ1n) is 11.3. The molecule has 2 heteroatoms. The zero-order valence-corrected chi connectivity index (χ0v) is 17.9. The van der Waals surface area contributed by atoms with Crippen LogP contribution in [0.5, 0.6) is 0 Å². The fourth-order valence-corrected chi connectivity index (χ4v) is 3.64. The van der Waals surface area contributed by atoms with Gasteiger partial charge in [-0.25, -0.2) is 0 Å². The molecule has 0 heterocycles. The molecule has 0 aliphatic carbocycles. The molecule has 2 atom stereocenters. The standard InChI is InChI=1S/C24H44N2/c1-5-9-11-21(7-3)17-19-25-23-13-15-24(16-14-23)26-20-18-22(8-4)12-10-6-2/h13-16,21-22,25-26H,5-12,17-20H2,1-4H3. The van der Waals surface area contributed by atoms with Gasteiger partial charge >= 0.3 is 0 Å². The first kappa shape index (κ1) is 22.9. The monoisotopic (exact) mass is 360 g/mol. The Balaban J connectivity index is 2.26. The molecule has 1 aromatic rings. The Hall–Kier alpha value is -1.18. The first-order chi connectivity index (χ1) is 12.7. The van der Waals surface area contributed by atoms with Crippen LogP contribution in [-0.2, 0) is 0 Å². The second kappa shape index (κ2) is 14.9. The number of hydrogen-bond acceptors (Lipinski definition) is 2. The molecule has 0 saturated carbocycles. The second-order valence-corrected chi connectivity index (χ2v) is 7.84. The summed E-state index contributed by atoms with van der Waals surface area (Å²) in [5, 5.41) is 7.18. The van der Waals surface area contributed by atoms with Crippen LogP contribution in [0.25, 0.3) is 0 Å². The maximum absolute atomic E-state index is 3.59. The fraction of sp³-hybridized carbons (Fsp3) is 0.750. The molecule has 2 N–H and O–H groups in total. The van der Waals surface area contributed by atoms with E-state index in [9.17, 15) is 0 Å². The molecule has 0 fully saturated rings. The van der Waals surface area contributed by atoms with Gasteiger partial charge in [-0.3, -0.25) is 0 Å². The van der Waals surface area contributed by atoms with E-state index in [0.29, 0.717) is 0 Å². The van der Waals surface area contributed by atoms with Crippen molar-refractivity contribution >= 4 is 11.4 Å². The van der Waals surface area contributed by atoms with Gasteiger partial charge in [-0.15, -0.1) is 0 Å². The number of nitrogens with one attached hydrogen (secondary N) is 2. The third-order valence-corrected chi connectivity index (χ3v) is 5.73. The Kier molecular flexibility index (Phi) is 13.1. The summed E-state index contributed by atoms with van der Waals surface area (Å²) in [4.78, 5) is 0. The van der Waals surface area contributed by atoms with Crippen molar-refractivity contribution in [2.24, 2.45) is 11.8 Å². The van der Waals surface area contributed by atoms with Crippen molar-refractivity contribution in [1.82, 2.24) is 0 Å². The molecule has 2 nitrogen and oxygen atoms in total. The summed E-state index contributed by atoms with van der Waals surface area (Å²) < 4.78 is 0. The van der Waals surface area contributed by atoms with Gasteiger partial charge < -0.3 is 10.6 Å². The van der Waals surface area contributed by atoms with Gasteiger partial charge in [0.15, 0.2) is 0 Å². The highest BCUT2D eigenvalue weighted by molar-refractivity contribution is 5.53. The molecular weight excluding hydrogens is 316 g/mol. The fourth-order valence-electron chi connectivity index (χ4n) is 3.64. The van der Waals surface area contributed by atoms with Crippen molar-refractivity contribution in [1.29, 1.82) is 0 Å². The molecule has 0 amide bonds. The minimum Gasteiger partial charge on any atom is -0.385 e. The summed E-state index contributed by atoms with van der Waals surface area (Å²) in [5.41, 5.74) is 2.49. The van der Waals surface area contributed by atoms with Crippen molar-refractivity contribution in [3.05, 3.63) is 24.3 Å². The largest absolute Gasteiger partial charge is 0.385 e. The molecule has 150 valence electrons. The first-order valence-corrected chi connectivity index (χ1v) is 11.3. The van der Waals surface area contributed by atoms with E-state index in [1.165, 1.54) is 75.6 Å². The smallest absolute Gasteiger partial charge is 0.0341 e. The summed E-state index contributed by atoms with van der Waals surface area (Å²) in [6.07, 6.45) is 13.3. The van der Waals surface area contributed by atoms with Crippen molar-refractivity contribution in [3.63, 3.8) is 0 Å². The molecule has 1 rings (SSSR count). The maximum atomic E-state index is 3.59. The van der Waals surface area contributed by atoms with Crippen molar-refractivity contribution in [3.8, 4) is 0 Å². The summed E-state index contributed by atoms with van der Waals surface area (Å²) in [6, 6.07) is 8.85. The average molecular weight is 361 g/mol. The molecule has 0 radical (unpaired) electrons. The highest BCUT2D eigenvalue weighted by atomic mass is 14.9. The third-order valence-electron chi connectivity index (χ3n) is 5.73. The second-order valence-electron chi connectivity index (χ2n) is 7.84. The summed E-state index contributed by atoms with van der Waals surface area (Å²) in [7, 11) is 0. The molecule has 1 aromatic carbocycles. The Labute approximate surface area is 163 Å². The Bertz CT molecular complexity index is 385. The summed E-state index contributed by atoms with van der Waals surface area (Å²) in [5.74, 6) is 1.75. The minimum absolute atomic E-state index is 0.877. The van der Waals surface area contributed by atoms with Crippen LogP contribution < -0.4 is 10.6 Å². The van der Waals surface area contributed by atoms with E-state index in [1.54, 1.807) is 0 Å². The average Bonchev–Trinajstić information content (AvgIpc) is 2.68. The van der Waals surface area contributed by atoms with E-state index in [2.05, 4.69) is 62.6 Å². The van der Waals surface area contributed by atoms with Crippen LogP contribution in [0.1, 0.15) is 91.9 Å². The molecule has 0 aromatic heterocycles. The van der Waals surface area contributed by atoms with Crippen molar-refractivity contribution < 1.29 is 0 Å². The van der Waals surface area contributed by atoms with Crippen LogP contribution in [0.4, 0.5) is 11.4 Å². The molecule has 0 aliphatic rings. The third kappa shape index (κ3) is 10.1. The molecule has 0 aliphatic heterocycles. The van der Waals surface area contributed by atoms with Crippen molar-refractivity contribution in [2.75, 3.05) is 23.7 Å². The van der Waals surface area contributed by atoms with Gasteiger partial charge in [0, 0.05) is 24.5 Å². The SMILES string of the molecule is CCCCC(CC)CCNc1ccc(NCCC(CC)CCCC)cc1. The number of hydrogen-bond donors (Lipinski definition) is 2. The Morgan fingerprint density at radius 2 is 1.00 bits per heavy atom. The predicted octanol–water partition coefficient (Wildman–Crippen LogP) is 7.72. The minimum atomic E-state index is 0.877. The maximum Gasteiger partial charge on any atom is 0.0341 e. The quantitative estimate of drug-likeness (QED) is 0.315. The molecule has 0 spiro atoms. The van der Waals surface area contributed by atoms with E-state index >= 15 is 0 Å². The Morgan fingerprint density at radius 3 is 1.31 bits per heavy atom. The lowest BCUT2D eigenvalue weighted by Crippen LogP contribution is -2.10. The van der Waals surface area contributed by atoms with Gasteiger partial charge in [-0.1, -0.05) is 79.1 Å². The molecule has 0 bridgehead atoms. The van der Waals surface area contributed by atoms with Gasteiger partial charge in [0.05, 0.1) is 0 Å². The normalized spacial score (nSPS) is 13.4. The highest BCUT2D eigenvalue weighted by Gasteiger charge is 2.06. The number of rotatable bonds is 16. The van der Waals surface area contributed by atoms with Crippen LogP contribution in [0, 0.1) is 11.8 Å². The van der Waals surface area contributed by atoms with Crippen LogP contribution in [0.3, 0.4) is 0 Å². The lowest BCUT2D eigenvalue weighted by molar-refractivity contribution is 0.431. The molecule has 0 saturated heterocycles. The predicted molar refractivity (Wildman–Crippen MR) is 119 cm³/mol. The number of unbranched alkanes of at least 4 members (excludes halogenated alkanes) is 2. The lowest BCUT2D eigenvalue weighted by atomic mass is 9.96. The molecule has 26 heavy (non-hydrogen) atoms. The molecular formula is C24H44N2. The van der Waals surface area contributed by atoms with Crippen LogP contribution >= 0.6 is 0 Å². The van der Waals surface area contributed by atoms with Gasteiger partial charge in [-0.05, 0) is 48.9 Å². The summed E-state index contributed by atoms with van der Waals surface area (Å²) >= 11 is 0. The topological polar surface area (TPSA) is 24.1 Å². The van der Waals surface area contributed by atoms with Crippen LogP contribution in [0.2, 0.25) is 0 Å². The zero-order valence-electron chi connectivity index (χ0n) is 17.9. The number of anilines is 2. The molecule has 2 unspecified atom stereocenters. The lowest BCUT2D eigenvalue weighted by Gasteiger charge is -2.16. The van der Waals surface area contributed by atoms with Gasteiger partial charge in [0.25, 0.3) is 0 Å². The Morgan fingerprint density at radius 1 is 0.615 bits per heavy atom.